The van der Waals surface area contributed by atoms with E-state index in [0.29, 0.717) is 0 Å². The van der Waals surface area contributed by atoms with Crippen LogP contribution < -0.4 is 5.32 Å². The highest BCUT2D eigenvalue weighted by molar-refractivity contribution is 7.99. The zero-order valence-electron chi connectivity index (χ0n) is 11.5. The van der Waals surface area contributed by atoms with Crippen molar-refractivity contribution in [3.8, 4) is 0 Å². The van der Waals surface area contributed by atoms with Crippen molar-refractivity contribution in [1.29, 1.82) is 0 Å². The van der Waals surface area contributed by atoms with Crippen molar-refractivity contribution in [2.24, 2.45) is 0 Å². The maximum Gasteiger partial charge on any atom is 0.240 e. The quantitative estimate of drug-likeness (QED) is 0.873. The van der Waals surface area contributed by atoms with Crippen LogP contribution in [0.2, 0.25) is 0 Å². The smallest absolute Gasteiger partial charge is 0.240 e. The summed E-state index contributed by atoms with van der Waals surface area (Å²) >= 11 is 1.80. The summed E-state index contributed by atoms with van der Waals surface area (Å²) in [6.07, 6.45) is 3.71. The van der Waals surface area contributed by atoms with Gasteiger partial charge in [-0.15, -0.1) is 11.8 Å². The second kappa shape index (κ2) is 6.56. The number of aromatic nitrogens is 1. The zero-order chi connectivity index (χ0) is 13.8. The molecule has 2 aliphatic rings. The summed E-state index contributed by atoms with van der Waals surface area (Å²) in [6.45, 7) is 4.48. The molecule has 1 N–H and O–H groups in total. The normalized spacial score (nSPS) is 24.0. The van der Waals surface area contributed by atoms with Gasteiger partial charge in [-0.3, -0.25) is 20.0 Å². The number of hydrogen-bond donors (Lipinski definition) is 1. The lowest BCUT2D eigenvalue weighted by atomic mass is 10.2. The fourth-order valence-electron chi connectivity index (χ4n) is 2.65. The Morgan fingerprint density at radius 2 is 2.25 bits per heavy atom. The molecule has 0 bridgehead atoms. The van der Waals surface area contributed by atoms with E-state index in [4.69, 9.17) is 0 Å². The first kappa shape index (κ1) is 13.9. The van der Waals surface area contributed by atoms with Crippen LogP contribution in [0.5, 0.6) is 0 Å². The van der Waals surface area contributed by atoms with Gasteiger partial charge in [0.1, 0.15) is 0 Å². The molecule has 0 radical (unpaired) electrons. The molecule has 0 aromatic carbocycles. The van der Waals surface area contributed by atoms with E-state index in [2.05, 4.69) is 21.3 Å². The maximum absolute atomic E-state index is 12.3. The van der Waals surface area contributed by atoms with Crippen molar-refractivity contribution in [2.75, 3.05) is 37.8 Å². The van der Waals surface area contributed by atoms with E-state index in [1.807, 2.05) is 17.2 Å². The molecule has 0 spiro atoms. The first-order valence-corrected chi connectivity index (χ1v) is 8.19. The van der Waals surface area contributed by atoms with E-state index in [1.165, 1.54) is 5.56 Å². The minimum Gasteiger partial charge on any atom is -0.339 e. The van der Waals surface area contributed by atoms with Crippen molar-refractivity contribution < 1.29 is 4.79 Å². The Balaban J connectivity index is 1.48. The SMILES string of the molecule is O=C(C1CSCN1)N1CCN(Cc2cccnc2)CC1. The van der Waals surface area contributed by atoms with Gasteiger partial charge >= 0.3 is 0 Å². The number of nitrogens with zero attached hydrogens (tertiary/aromatic N) is 3. The molecule has 1 aromatic rings. The van der Waals surface area contributed by atoms with Gasteiger partial charge in [0, 0.05) is 56.7 Å². The number of piperazine rings is 1. The van der Waals surface area contributed by atoms with E-state index in [1.54, 1.807) is 18.0 Å². The van der Waals surface area contributed by atoms with Crippen molar-refractivity contribution in [3.05, 3.63) is 30.1 Å². The molecule has 1 amide bonds. The summed E-state index contributed by atoms with van der Waals surface area (Å²) in [5, 5.41) is 3.25. The molecule has 3 rings (SSSR count). The average molecular weight is 292 g/mol. The maximum atomic E-state index is 12.3. The Morgan fingerprint density at radius 3 is 2.90 bits per heavy atom. The summed E-state index contributed by atoms with van der Waals surface area (Å²) in [7, 11) is 0. The molecule has 3 heterocycles. The van der Waals surface area contributed by atoms with Crippen LogP contribution in [0.1, 0.15) is 5.56 Å². The van der Waals surface area contributed by atoms with Crippen LogP contribution >= 0.6 is 11.8 Å². The lowest BCUT2D eigenvalue weighted by molar-refractivity contribution is -0.134. The van der Waals surface area contributed by atoms with Crippen LogP contribution in [0.3, 0.4) is 0 Å². The van der Waals surface area contributed by atoms with Crippen LogP contribution in [-0.4, -0.2) is 64.5 Å². The van der Waals surface area contributed by atoms with E-state index in [9.17, 15) is 4.79 Å². The number of pyridine rings is 1. The third kappa shape index (κ3) is 3.31. The molecule has 0 aliphatic carbocycles. The molecule has 1 atom stereocenters. The summed E-state index contributed by atoms with van der Waals surface area (Å²) in [5.41, 5.74) is 1.24. The molecule has 1 unspecified atom stereocenters. The van der Waals surface area contributed by atoms with Gasteiger partial charge in [-0.05, 0) is 11.6 Å². The van der Waals surface area contributed by atoms with Crippen molar-refractivity contribution >= 4 is 17.7 Å². The molecule has 108 valence electrons. The molecule has 2 aliphatic heterocycles. The van der Waals surface area contributed by atoms with Gasteiger partial charge in [0.15, 0.2) is 0 Å². The molecular formula is C14H20N4OS. The number of amides is 1. The minimum absolute atomic E-state index is 0.0323. The van der Waals surface area contributed by atoms with E-state index in [-0.39, 0.29) is 11.9 Å². The molecule has 0 saturated carbocycles. The van der Waals surface area contributed by atoms with Gasteiger partial charge in [-0.2, -0.15) is 0 Å². The molecule has 2 saturated heterocycles. The van der Waals surface area contributed by atoms with E-state index < -0.39 is 0 Å². The van der Waals surface area contributed by atoms with Gasteiger partial charge in [0.05, 0.1) is 6.04 Å². The van der Waals surface area contributed by atoms with Gasteiger partial charge < -0.3 is 4.90 Å². The molecule has 1 aromatic heterocycles. The van der Waals surface area contributed by atoms with Crippen LogP contribution in [0.15, 0.2) is 24.5 Å². The fourth-order valence-corrected chi connectivity index (χ4v) is 3.58. The largest absolute Gasteiger partial charge is 0.339 e. The second-order valence-corrected chi connectivity index (χ2v) is 6.26. The van der Waals surface area contributed by atoms with Crippen LogP contribution in [-0.2, 0) is 11.3 Å². The summed E-state index contributed by atoms with van der Waals surface area (Å²) in [6, 6.07) is 4.10. The van der Waals surface area contributed by atoms with Crippen LogP contribution in [0.4, 0.5) is 0 Å². The van der Waals surface area contributed by atoms with Gasteiger partial charge in [-0.25, -0.2) is 0 Å². The summed E-state index contributed by atoms with van der Waals surface area (Å²) in [5.74, 6) is 2.09. The summed E-state index contributed by atoms with van der Waals surface area (Å²) in [4.78, 5) is 20.8. The Labute approximate surface area is 123 Å². The first-order chi connectivity index (χ1) is 9.83. The summed E-state index contributed by atoms with van der Waals surface area (Å²) < 4.78 is 0. The standard InChI is InChI=1S/C14H20N4OS/c19-14(13-10-20-11-16-13)18-6-4-17(5-7-18)9-12-2-1-3-15-8-12/h1-3,8,13,16H,4-7,9-11H2. The Morgan fingerprint density at radius 1 is 1.40 bits per heavy atom. The molecule has 20 heavy (non-hydrogen) atoms. The van der Waals surface area contributed by atoms with Crippen molar-refractivity contribution in [2.45, 2.75) is 12.6 Å². The number of carbonyl (C=O) groups is 1. The minimum atomic E-state index is 0.0323. The van der Waals surface area contributed by atoms with Gasteiger partial charge in [0.2, 0.25) is 5.91 Å². The average Bonchev–Trinajstić information content (AvgIpc) is 3.03. The van der Waals surface area contributed by atoms with Crippen molar-refractivity contribution in [1.82, 2.24) is 20.1 Å². The second-order valence-electron chi connectivity index (χ2n) is 5.23. The lowest BCUT2D eigenvalue weighted by Crippen LogP contribution is -2.53. The van der Waals surface area contributed by atoms with Gasteiger partial charge in [0.25, 0.3) is 0 Å². The van der Waals surface area contributed by atoms with Crippen molar-refractivity contribution in [3.63, 3.8) is 0 Å². The third-order valence-electron chi connectivity index (χ3n) is 3.83. The van der Waals surface area contributed by atoms with Gasteiger partial charge in [-0.1, -0.05) is 6.07 Å². The highest BCUT2D eigenvalue weighted by Gasteiger charge is 2.29. The number of rotatable bonds is 3. The first-order valence-electron chi connectivity index (χ1n) is 7.04. The topological polar surface area (TPSA) is 48.5 Å². The number of hydrogen-bond acceptors (Lipinski definition) is 5. The highest BCUT2D eigenvalue weighted by Crippen LogP contribution is 2.14. The van der Waals surface area contributed by atoms with E-state index in [0.717, 1.165) is 44.4 Å². The Kier molecular flexibility index (Phi) is 4.54. The number of nitrogens with one attached hydrogen (secondary N) is 1. The van der Waals surface area contributed by atoms with E-state index >= 15 is 0 Å². The molecule has 6 heteroatoms. The monoisotopic (exact) mass is 292 g/mol. The lowest BCUT2D eigenvalue weighted by Gasteiger charge is -2.35. The highest BCUT2D eigenvalue weighted by atomic mass is 32.2. The fraction of sp³-hybridized carbons (Fsp3) is 0.571. The molecular weight excluding hydrogens is 272 g/mol. The Hall–Kier alpha value is -1.11. The van der Waals surface area contributed by atoms with Crippen LogP contribution in [0, 0.1) is 0 Å². The number of carbonyl (C=O) groups excluding carboxylic acids is 1. The zero-order valence-corrected chi connectivity index (χ0v) is 12.3. The third-order valence-corrected chi connectivity index (χ3v) is 4.77. The Bertz CT molecular complexity index is 442. The predicted octanol–water partition coefficient (Wildman–Crippen LogP) is 0.388. The predicted molar refractivity (Wildman–Crippen MR) is 80.3 cm³/mol. The molecule has 5 nitrogen and oxygen atoms in total. The number of thioether (sulfide) groups is 1. The van der Waals surface area contributed by atoms with Crippen LogP contribution in [0.25, 0.3) is 0 Å². The molecule has 2 fully saturated rings.